The Morgan fingerprint density at radius 3 is 2.32 bits per heavy atom. The lowest BCUT2D eigenvalue weighted by atomic mass is 10.1. The average Bonchev–Trinajstić information content (AvgIpc) is 2.36. The van der Waals surface area contributed by atoms with Crippen molar-refractivity contribution in [2.24, 2.45) is 4.99 Å². The molecule has 0 spiro atoms. The van der Waals surface area contributed by atoms with Gasteiger partial charge in [0.15, 0.2) is 0 Å². The summed E-state index contributed by atoms with van der Waals surface area (Å²) in [5, 5.41) is 0. The van der Waals surface area contributed by atoms with Gasteiger partial charge in [-0.1, -0.05) is 56.3 Å². The highest BCUT2D eigenvalue weighted by Crippen LogP contribution is 2.06. The maximum atomic E-state index is 4.46. The summed E-state index contributed by atoms with van der Waals surface area (Å²) in [5.74, 6) is 0. The van der Waals surface area contributed by atoms with Crippen LogP contribution in [-0.2, 0) is 0 Å². The Balaban J connectivity index is 3.52. The predicted octanol–water partition coefficient (Wildman–Crippen LogP) is 6.11. The molecule has 0 saturated heterocycles. The van der Waals surface area contributed by atoms with E-state index in [1.807, 2.05) is 6.21 Å². The van der Waals surface area contributed by atoms with Crippen LogP contribution in [0.25, 0.3) is 0 Å². The number of unbranched alkanes of at least 4 members (excludes halogenated alkanes) is 5. The van der Waals surface area contributed by atoms with Crippen molar-refractivity contribution in [1.82, 2.24) is 0 Å². The number of aliphatic imine (C=N–C) groups is 1. The number of rotatable bonds is 11. The van der Waals surface area contributed by atoms with Crippen molar-refractivity contribution < 1.29 is 0 Å². The highest BCUT2D eigenvalue weighted by molar-refractivity contribution is 5.71. The molecule has 0 fully saturated rings. The first-order valence-corrected chi connectivity index (χ1v) is 7.95. The molecule has 0 aromatic heterocycles. The van der Waals surface area contributed by atoms with Crippen LogP contribution in [0, 0.1) is 0 Å². The van der Waals surface area contributed by atoms with Crippen molar-refractivity contribution in [1.29, 1.82) is 0 Å². The highest BCUT2D eigenvalue weighted by Gasteiger charge is 1.89. The molecule has 1 heteroatoms. The van der Waals surface area contributed by atoms with Gasteiger partial charge in [-0.15, -0.1) is 0 Å². The first kappa shape index (κ1) is 18.1. The highest BCUT2D eigenvalue weighted by atomic mass is 14.7. The van der Waals surface area contributed by atoms with Crippen molar-refractivity contribution in [2.45, 2.75) is 79.1 Å². The van der Waals surface area contributed by atoms with Crippen molar-refractivity contribution in [3.63, 3.8) is 0 Å². The molecule has 0 saturated carbocycles. The van der Waals surface area contributed by atoms with Crippen LogP contribution in [0.1, 0.15) is 79.1 Å². The van der Waals surface area contributed by atoms with Crippen LogP contribution in [0.5, 0.6) is 0 Å². The largest absolute Gasteiger partial charge is 0.293 e. The molecule has 1 nitrogen and oxygen atoms in total. The second-order valence-corrected chi connectivity index (χ2v) is 5.66. The molecule has 0 radical (unpaired) electrons. The molecule has 0 bridgehead atoms. The molecular weight excluding hydrogens is 230 g/mol. The fourth-order valence-corrected chi connectivity index (χ4v) is 1.91. The molecule has 0 unspecified atom stereocenters. The number of allylic oxidation sites excluding steroid dienone is 4. The van der Waals surface area contributed by atoms with E-state index < -0.39 is 0 Å². The normalized spacial score (nSPS) is 12.1. The van der Waals surface area contributed by atoms with Crippen LogP contribution >= 0.6 is 0 Å². The molecule has 0 atom stereocenters. The minimum absolute atomic E-state index is 0.990. The standard InChI is InChI=1S/C18H33N/c1-5-6-7-8-9-10-15-19-16-14-18(4)13-11-12-17(2)3/h12,14,16H,5-11,13,15H2,1-4H3. The van der Waals surface area contributed by atoms with Gasteiger partial charge < -0.3 is 0 Å². The molecule has 0 aliphatic heterocycles. The number of nitrogens with zero attached hydrogens (tertiary/aromatic N) is 1. The summed E-state index contributed by atoms with van der Waals surface area (Å²) in [7, 11) is 0. The van der Waals surface area contributed by atoms with Crippen LogP contribution in [0.2, 0.25) is 0 Å². The van der Waals surface area contributed by atoms with Gasteiger partial charge in [-0.25, -0.2) is 0 Å². The van der Waals surface area contributed by atoms with E-state index in [4.69, 9.17) is 0 Å². The first-order valence-electron chi connectivity index (χ1n) is 7.95. The SMILES string of the molecule is CCCCCCCCN=CC=C(C)CCC=C(C)C. The lowest BCUT2D eigenvalue weighted by Gasteiger charge is -1.98. The second kappa shape index (κ2) is 13.6. The summed E-state index contributed by atoms with van der Waals surface area (Å²) >= 11 is 0. The molecule has 0 heterocycles. The van der Waals surface area contributed by atoms with Crippen molar-refractivity contribution in [3.05, 3.63) is 23.3 Å². The zero-order valence-electron chi connectivity index (χ0n) is 13.5. The van der Waals surface area contributed by atoms with E-state index in [1.165, 1.54) is 49.7 Å². The fourth-order valence-electron chi connectivity index (χ4n) is 1.91. The van der Waals surface area contributed by atoms with Crippen molar-refractivity contribution >= 4 is 6.21 Å². The van der Waals surface area contributed by atoms with E-state index in [0.717, 1.165) is 19.4 Å². The summed E-state index contributed by atoms with van der Waals surface area (Å²) in [6.45, 7) is 9.75. The lowest BCUT2D eigenvalue weighted by Crippen LogP contribution is -1.84. The van der Waals surface area contributed by atoms with Gasteiger partial charge >= 0.3 is 0 Å². The molecular formula is C18H33N. The summed E-state index contributed by atoms with van der Waals surface area (Å²) in [4.78, 5) is 4.46. The predicted molar refractivity (Wildman–Crippen MR) is 89.2 cm³/mol. The average molecular weight is 263 g/mol. The van der Waals surface area contributed by atoms with E-state index in [9.17, 15) is 0 Å². The maximum absolute atomic E-state index is 4.46. The Bertz CT molecular complexity index is 280. The summed E-state index contributed by atoms with van der Waals surface area (Å²) < 4.78 is 0. The van der Waals surface area contributed by atoms with E-state index in [2.05, 4.69) is 44.8 Å². The Morgan fingerprint density at radius 1 is 0.947 bits per heavy atom. The molecule has 0 aromatic rings. The zero-order chi connectivity index (χ0) is 14.3. The fraction of sp³-hybridized carbons (Fsp3) is 0.722. The van der Waals surface area contributed by atoms with Gasteiger partial charge in [-0.3, -0.25) is 4.99 Å². The summed E-state index contributed by atoms with van der Waals surface area (Å²) in [6.07, 6.45) is 16.8. The van der Waals surface area contributed by atoms with Gasteiger partial charge in [0.2, 0.25) is 0 Å². The minimum Gasteiger partial charge on any atom is -0.293 e. The molecule has 0 aromatic carbocycles. The van der Waals surface area contributed by atoms with Crippen molar-refractivity contribution in [3.8, 4) is 0 Å². The van der Waals surface area contributed by atoms with Gasteiger partial charge in [0.05, 0.1) is 0 Å². The van der Waals surface area contributed by atoms with E-state index in [-0.39, 0.29) is 0 Å². The molecule has 0 amide bonds. The minimum atomic E-state index is 0.990. The topological polar surface area (TPSA) is 12.4 Å². The van der Waals surface area contributed by atoms with E-state index in [1.54, 1.807) is 0 Å². The lowest BCUT2D eigenvalue weighted by molar-refractivity contribution is 0.613. The van der Waals surface area contributed by atoms with Gasteiger partial charge in [0, 0.05) is 12.8 Å². The Kier molecular flexibility index (Phi) is 13.0. The molecule has 110 valence electrons. The van der Waals surface area contributed by atoms with Crippen LogP contribution in [0.4, 0.5) is 0 Å². The zero-order valence-corrected chi connectivity index (χ0v) is 13.5. The number of hydrogen-bond donors (Lipinski definition) is 0. The quantitative estimate of drug-likeness (QED) is 0.242. The first-order chi connectivity index (χ1) is 9.16. The second-order valence-electron chi connectivity index (χ2n) is 5.66. The Hall–Kier alpha value is -0.850. The monoisotopic (exact) mass is 263 g/mol. The van der Waals surface area contributed by atoms with Crippen LogP contribution in [-0.4, -0.2) is 12.8 Å². The smallest absolute Gasteiger partial charge is 0.0389 e. The van der Waals surface area contributed by atoms with Gasteiger partial charge in [-0.05, 0) is 46.1 Å². The van der Waals surface area contributed by atoms with Gasteiger partial charge in [0.1, 0.15) is 0 Å². The van der Waals surface area contributed by atoms with Crippen LogP contribution in [0.3, 0.4) is 0 Å². The summed E-state index contributed by atoms with van der Waals surface area (Å²) in [5.41, 5.74) is 2.83. The van der Waals surface area contributed by atoms with Crippen LogP contribution < -0.4 is 0 Å². The van der Waals surface area contributed by atoms with Crippen molar-refractivity contribution in [2.75, 3.05) is 6.54 Å². The van der Waals surface area contributed by atoms with Gasteiger partial charge in [-0.2, -0.15) is 0 Å². The molecule has 0 aliphatic carbocycles. The molecule has 0 rings (SSSR count). The third-order valence-corrected chi connectivity index (χ3v) is 3.20. The maximum Gasteiger partial charge on any atom is 0.0389 e. The number of hydrogen-bond acceptors (Lipinski definition) is 1. The summed E-state index contributed by atoms with van der Waals surface area (Å²) in [6, 6.07) is 0. The third kappa shape index (κ3) is 15.1. The molecule has 0 N–H and O–H groups in total. The van der Waals surface area contributed by atoms with E-state index in [0.29, 0.717) is 0 Å². The molecule has 19 heavy (non-hydrogen) atoms. The Morgan fingerprint density at radius 2 is 1.63 bits per heavy atom. The van der Waals surface area contributed by atoms with E-state index >= 15 is 0 Å². The third-order valence-electron chi connectivity index (χ3n) is 3.20. The molecule has 0 aliphatic rings. The van der Waals surface area contributed by atoms with Gasteiger partial charge in [0.25, 0.3) is 0 Å². The van der Waals surface area contributed by atoms with Crippen LogP contribution in [0.15, 0.2) is 28.3 Å². The Labute approximate surface area is 120 Å².